The lowest BCUT2D eigenvalue weighted by atomic mass is 10.3. The van der Waals surface area contributed by atoms with Gasteiger partial charge in [0.25, 0.3) is 0 Å². The third-order valence-corrected chi connectivity index (χ3v) is 3.44. The van der Waals surface area contributed by atoms with E-state index in [2.05, 4.69) is 20.9 Å². The monoisotopic (exact) mass is 297 g/mol. The van der Waals surface area contributed by atoms with E-state index in [-0.39, 0.29) is 24.4 Å². The van der Waals surface area contributed by atoms with Crippen LogP contribution < -0.4 is 10.6 Å². The van der Waals surface area contributed by atoms with Crippen LogP contribution in [0.4, 0.5) is 5.13 Å². The van der Waals surface area contributed by atoms with Crippen LogP contribution in [0, 0.1) is 0 Å². The number of halogens is 2. The van der Waals surface area contributed by atoms with E-state index in [1.165, 1.54) is 11.3 Å². The summed E-state index contributed by atoms with van der Waals surface area (Å²) in [6.07, 6.45) is 2.41. The first-order valence-corrected chi connectivity index (χ1v) is 5.48. The number of nitrogens with two attached hydrogens (primary N) is 1. The van der Waals surface area contributed by atoms with Crippen molar-refractivity contribution in [3.8, 4) is 0 Å². The van der Waals surface area contributed by atoms with Gasteiger partial charge in [-0.2, -0.15) is 0 Å². The Morgan fingerprint density at radius 3 is 2.86 bits per heavy atom. The number of carbonyl (C=O) groups is 1. The molecule has 1 fully saturated rings. The van der Waals surface area contributed by atoms with Crippen LogP contribution in [-0.4, -0.2) is 23.5 Å². The molecule has 2 heterocycles. The van der Waals surface area contributed by atoms with Crippen LogP contribution in [0.1, 0.15) is 6.42 Å². The quantitative estimate of drug-likeness (QED) is 0.852. The van der Waals surface area contributed by atoms with E-state index in [9.17, 15) is 4.79 Å². The largest absolute Gasteiger partial charge is 0.320 e. The van der Waals surface area contributed by atoms with E-state index in [1.807, 2.05) is 0 Å². The van der Waals surface area contributed by atoms with Gasteiger partial charge in [-0.05, 0) is 22.4 Å². The Morgan fingerprint density at radius 1 is 1.71 bits per heavy atom. The topological polar surface area (TPSA) is 59.2 Å². The van der Waals surface area contributed by atoms with Crippen molar-refractivity contribution in [3.05, 3.63) is 9.98 Å². The summed E-state index contributed by atoms with van der Waals surface area (Å²) in [5.41, 5.74) is 5.59. The second kappa shape index (κ2) is 4.57. The summed E-state index contributed by atoms with van der Waals surface area (Å²) >= 11 is 4.75. The number of carbonyl (C=O) groups excluding carboxylic acids is 1. The van der Waals surface area contributed by atoms with Gasteiger partial charge in [-0.25, -0.2) is 4.98 Å². The van der Waals surface area contributed by atoms with Crippen LogP contribution >= 0.6 is 39.7 Å². The van der Waals surface area contributed by atoms with Gasteiger partial charge in [0.2, 0.25) is 5.91 Å². The molecule has 2 rings (SSSR count). The molecule has 1 saturated heterocycles. The third kappa shape index (κ3) is 2.08. The molecule has 0 aliphatic carbocycles. The summed E-state index contributed by atoms with van der Waals surface area (Å²) in [4.78, 5) is 17.2. The standard InChI is InChI=1S/C7H8BrN3OS.ClH/c8-5-3-10-7(13-5)11-2-1-4(9)6(11)12;/h3-4H,1-2,9H2;1H/t4-;/m0./s1. The Kier molecular flexibility index (Phi) is 3.88. The van der Waals surface area contributed by atoms with Gasteiger partial charge < -0.3 is 5.73 Å². The first-order chi connectivity index (χ1) is 6.18. The summed E-state index contributed by atoms with van der Waals surface area (Å²) < 4.78 is 0.927. The van der Waals surface area contributed by atoms with Gasteiger partial charge in [0.05, 0.1) is 16.0 Å². The lowest BCUT2D eigenvalue weighted by Gasteiger charge is -2.10. The van der Waals surface area contributed by atoms with E-state index < -0.39 is 0 Å². The zero-order valence-corrected chi connectivity index (χ0v) is 10.4. The molecule has 4 nitrogen and oxygen atoms in total. The molecule has 0 aromatic carbocycles. The zero-order chi connectivity index (χ0) is 9.42. The predicted molar refractivity (Wildman–Crippen MR) is 62.0 cm³/mol. The van der Waals surface area contributed by atoms with Crippen molar-refractivity contribution in [1.29, 1.82) is 0 Å². The number of rotatable bonds is 1. The van der Waals surface area contributed by atoms with Crippen LogP contribution in [0.2, 0.25) is 0 Å². The predicted octanol–water partition coefficient (Wildman–Crippen LogP) is 1.39. The van der Waals surface area contributed by atoms with Gasteiger partial charge in [0.15, 0.2) is 5.13 Å². The zero-order valence-electron chi connectivity index (χ0n) is 7.14. The Bertz CT molecular complexity index is 345. The highest BCUT2D eigenvalue weighted by Gasteiger charge is 2.31. The minimum absolute atomic E-state index is 0. The Hall–Kier alpha value is -0.170. The molecular weight excluding hydrogens is 290 g/mol. The summed E-state index contributed by atoms with van der Waals surface area (Å²) in [6, 6.07) is -0.345. The van der Waals surface area contributed by atoms with Crippen molar-refractivity contribution in [2.75, 3.05) is 11.4 Å². The van der Waals surface area contributed by atoms with Gasteiger partial charge >= 0.3 is 0 Å². The van der Waals surface area contributed by atoms with E-state index in [1.54, 1.807) is 11.1 Å². The third-order valence-electron chi connectivity index (χ3n) is 1.94. The lowest BCUT2D eigenvalue weighted by Crippen LogP contribution is -2.33. The summed E-state index contributed by atoms with van der Waals surface area (Å²) in [5, 5.41) is 0.727. The molecule has 1 aromatic heterocycles. The number of nitrogens with zero attached hydrogens (tertiary/aromatic N) is 2. The van der Waals surface area contributed by atoms with Crippen LogP contribution in [0.3, 0.4) is 0 Å². The highest BCUT2D eigenvalue weighted by Crippen LogP contribution is 2.29. The highest BCUT2D eigenvalue weighted by atomic mass is 79.9. The Morgan fingerprint density at radius 2 is 2.43 bits per heavy atom. The Labute approximate surface area is 100 Å². The number of amides is 1. The molecule has 78 valence electrons. The van der Waals surface area contributed by atoms with Gasteiger partial charge in [0.1, 0.15) is 0 Å². The maximum atomic E-state index is 11.5. The molecule has 14 heavy (non-hydrogen) atoms. The minimum atomic E-state index is -0.345. The van der Waals surface area contributed by atoms with E-state index in [0.29, 0.717) is 6.54 Å². The number of hydrogen-bond donors (Lipinski definition) is 1. The summed E-state index contributed by atoms with van der Waals surface area (Å²) in [7, 11) is 0. The lowest BCUT2D eigenvalue weighted by molar-refractivity contribution is -0.118. The fourth-order valence-electron chi connectivity index (χ4n) is 1.26. The van der Waals surface area contributed by atoms with Crippen LogP contribution in [-0.2, 0) is 4.79 Å². The van der Waals surface area contributed by atoms with Crippen molar-refractivity contribution in [1.82, 2.24) is 4.98 Å². The average molecular weight is 299 g/mol. The van der Waals surface area contributed by atoms with Crippen molar-refractivity contribution in [2.24, 2.45) is 5.73 Å². The highest BCUT2D eigenvalue weighted by molar-refractivity contribution is 9.11. The second-order valence-electron chi connectivity index (χ2n) is 2.83. The first-order valence-electron chi connectivity index (χ1n) is 3.87. The van der Waals surface area contributed by atoms with Crippen LogP contribution in [0.15, 0.2) is 9.98 Å². The SMILES string of the molecule is Cl.N[C@H]1CCN(c2ncc(Br)s2)C1=O. The van der Waals surface area contributed by atoms with Crippen molar-refractivity contribution >= 4 is 50.7 Å². The molecule has 0 spiro atoms. The van der Waals surface area contributed by atoms with Gasteiger partial charge in [-0.1, -0.05) is 11.3 Å². The van der Waals surface area contributed by atoms with Gasteiger partial charge in [0, 0.05) is 6.54 Å². The van der Waals surface area contributed by atoms with Gasteiger partial charge in [-0.15, -0.1) is 12.4 Å². The molecule has 0 radical (unpaired) electrons. The van der Waals surface area contributed by atoms with Crippen molar-refractivity contribution < 1.29 is 4.79 Å². The van der Waals surface area contributed by atoms with Crippen LogP contribution in [0.25, 0.3) is 0 Å². The molecular formula is C7H9BrClN3OS. The normalized spacial score (nSPS) is 21.1. The van der Waals surface area contributed by atoms with Crippen LogP contribution in [0.5, 0.6) is 0 Å². The first kappa shape index (κ1) is 11.9. The smallest absolute Gasteiger partial charge is 0.245 e. The number of aromatic nitrogens is 1. The number of anilines is 1. The second-order valence-corrected chi connectivity index (χ2v) is 5.22. The Balaban J connectivity index is 0.000000980. The van der Waals surface area contributed by atoms with Crippen molar-refractivity contribution in [2.45, 2.75) is 12.5 Å². The number of hydrogen-bond acceptors (Lipinski definition) is 4. The molecule has 2 N–H and O–H groups in total. The average Bonchev–Trinajstić information content (AvgIpc) is 2.62. The fourth-order valence-corrected chi connectivity index (χ4v) is 2.48. The summed E-state index contributed by atoms with van der Waals surface area (Å²) in [6.45, 7) is 0.681. The minimum Gasteiger partial charge on any atom is -0.320 e. The molecule has 1 aromatic rings. The molecule has 1 aliphatic rings. The molecule has 1 amide bonds. The molecule has 7 heteroatoms. The molecule has 1 atom stereocenters. The molecule has 0 bridgehead atoms. The number of thiazole rings is 1. The van der Waals surface area contributed by atoms with E-state index in [4.69, 9.17) is 5.73 Å². The summed E-state index contributed by atoms with van der Waals surface area (Å²) in [5.74, 6) is -0.0261. The van der Waals surface area contributed by atoms with E-state index in [0.717, 1.165) is 15.3 Å². The fraction of sp³-hybridized carbons (Fsp3) is 0.429. The molecule has 0 unspecified atom stereocenters. The molecule has 0 saturated carbocycles. The maximum absolute atomic E-state index is 11.5. The van der Waals surface area contributed by atoms with E-state index >= 15 is 0 Å². The maximum Gasteiger partial charge on any atom is 0.245 e. The van der Waals surface area contributed by atoms with Crippen molar-refractivity contribution in [3.63, 3.8) is 0 Å². The molecule has 1 aliphatic heterocycles. The van der Waals surface area contributed by atoms with Gasteiger partial charge in [-0.3, -0.25) is 9.69 Å².